The molecule has 1 aromatic rings. The average molecular weight is 209 g/mol. The summed E-state index contributed by atoms with van der Waals surface area (Å²) >= 11 is 0. The minimum Gasteiger partial charge on any atom is -0.364 e. The Hall–Kier alpha value is -0.870. The van der Waals surface area contributed by atoms with Gasteiger partial charge in [0.05, 0.1) is 5.69 Å². The third-order valence-corrected chi connectivity index (χ3v) is 2.85. The van der Waals surface area contributed by atoms with Crippen LogP contribution in [0.25, 0.3) is 0 Å². The Balaban J connectivity index is 1.66. The Morgan fingerprint density at radius 1 is 1.53 bits per heavy atom. The molecular weight excluding hydrogens is 190 g/mol. The normalized spacial score (nSPS) is 19.5. The van der Waals surface area contributed by atoms with Crippen molar-refractivity contribution in [3.05, 3.63) is 18.0 Å². The van der Waals surface area contributed by atoms with Gasteiger partial charge in [0, 0.05) is 25.2 Å². The molecule has 1 saturated heterocycles. The number of nitrogens with zero attached hydrogens (tertiary/aromatic N) is 2. The van der Waals surface area contributed by atoms with Crippen LogP contribution in [-0.4, -0.2) is 35.7 Å². The maximum atomic E-state index is 4.78. The van der Waals surface area contributed by atoms with E-state index >= 15 is 0 Å². The summed E-state index contributed by atoms with van der Waals surface area (Å²) in [6.07, 6.45) is 4.33. The molecule has 0 saturated carbocycles. The number of nitrogens with one attached hydrogen (secondary N) is 1. The number of rotatable bonds is 5. The van der Waals surface area contributed by atoms with E-state index in [1.807, 2.05) is 6.07 Å². The largest absolute Gasteiger partial charge is 0.364 e. The highest BCUT2D eigenvalue weighted by Crippen LogP contribution is 2.07. The molecule has 1 aliphatic heterocycles. The molecule has 1 aromatic heterocycles. The van der Waals surface area contributed by atoms with Crippen molar-refractivity contribution in [1.29, 1.82) is 0 Å². The highest BCUT2D eigenvalue weighted by molar-refractivity contribution is 4.94. The Kier molecular flexibility index (Phi) is 3.75. The van der Waals surface area contributed by atoms with Gasteiger partial charge in [0.1, 0.15) is 6.26 Å². The van der Waals surface area contributed by atoms with Gasteiger partial charge in [0.15, 0.2) is 0 Å². The zero-order chi connectivity index (χ0) is 10.5. The first-order valence-corrected chi connectivity index (χ1v) is 5.69. The second kappa shape index (κ2) is 5.28. The maximum absolute atomic E-state index is 4.78. The van der Waals surface area contributed by atoms with Gasteiger partial charge in [0.2, 0.25) is 0 Å². The molecule has 1 unspecified atom stereocenters. The second-order valence-electron chi connectivity index (χ2n) is 4.28. The molecule has 0 aliphatic carbocycles. The van der Waals surface area contributed by atoms with Crippen LogP contribution in [0.3, 0.4) is 0 Å². The van der Waals surface area contributed by atoms with Crippen LogP contribution in [0.4, 0.5) is 0 Å². The van der Waals surface area contributed by atoms with Gasteiger partial charge < -0.3 is 14.7 Å². The van der Waals surface area contributed by atoms with Crippen molar-refractivity contribution in [2.24, 2.45) is 0 Å². The number of hydrogen-bond donors (Lipinski definition) is 1. The molecular formula is C11H19N3O. The quantitative estimate of drug-likeness (QED) is 0.792. The monoisotopic (exact) mass is 209 g/mol. The van der Waals surface area contributed by atoms with E-state index in [2.05, 4.69) is 22.3 Å². The molecule has 4 heteroatoms. The van der Waals surface area contributed by atoms with Gasteiger partial charge in [-0.1, -0.05) is 5.16 Å². The lowest BCUT2D eigenvalue weighted by atomic mass is 10.3. The van der Waals surface area contributed by atoms with E-state index in [0.717, 1.165) is 18.8 Å². The molecule has 1 aliphatic rings. The summed E-state index contributed by atoms with van der Waals surface area (Å²) in [7, 11) is 0. The molecule has 1 atom stereocenters. The van der Waals surface area contributed by atoms with Gasteiger partial charge in [-0.2, -0.15) is 0 Å². The Morgan fingerprint density at radius 3 is 3.00 bits per heavy atom. The lowest BCUT2D eigenvalue weighted by molar-refractivity contribution is 0.296. The molecule has 0 spiro atoms. The molecule has 84 valence electrons. The van der Waals surface area contributed by atoms with Crippen LogP contribution >= 0.6 is 0 Å². The third-order valence-electron chi connectivity index (χ3n) is 2.85. The van der Waals surface area contributed by atoms with E-state index in [-0.39, 0.29) is 0 Å². The smallest absolute Gasteiger partial charge is 0.124 e. The molecule has 4 nitrogen and oxygen atoms in total. The summed E-state index contributed by atoms with van der Waals surface area (Å²) < 4.78 is 4.78. The van der Waals surface area contributed by atoms with Crippen LogP contribution in [0, 0.1) is 0 Å². The van der Waals surface area contributed by atoms with Gasteiger partial charge in [-0.15, -0.1) is 0 Å². The fourth-order valence-electron chi connectivity index (χ4n) is 2.02. The molecule has 0 amide bonds. The van der Waals surface area contributed by atoms with Crippen LogP contribution in [0.2, 0.25) is 0 Å². The summed E-state index contributed by atoms with van der Waals surface area (Å²) in [5.74, 6) is 0. The lowest BCUT2D eigenvalue weighted by Gasteiger charge is -2.20. The van der Waals surface area contributed by atoms with Crippen LogP contribution in [0.15, 0.2) is 16.9 Å². The molecule has 0 radical (unpaired) electrons. The number of hydrogen-bond acceptors (Lipinski definition) is 4. The molecule has 2 heterocycles. The highest BCUT2D eigenvalue weighted by atomic mass is 16.5. The second-order valence-corrected chi connectivity index (χ2v) is 4.28. The Morgan fingerprint density at radius 2 is 2.33 bits per heavy atom. The van der Waals surface area contributed by atoms with Gasteiger partial charge in [-0.3, -0.25) is 0 Å². The van der Waals surface area contributed by atoms with Gasteiger partial charge in [-0.25, -0.2) is 0 Å². The molecule has 1 fully saturated rings. The van der Waals surface area contributed by atoms with E-state index in [0.29, 0.717) is 6.04 Å². The van der Waals surface area contributed by atoms with Crippen molar-refractivity contribution in [1.82, 2.24) is 15.4 Å². The van der Waals surface area contributed by atoms with E-state index < -0.39 is 0 Å². The van der Waals surface area contributed by atoms with Gasteiger partial charge in [-0.05, 0) is 32.9 Å². The third kappa shape index (κ3) is 3.32. The average Bonchev–Trinajstić information content (AvgIpc) is 2.86. The first kappa shape index (κ1) is 10.6. The lowest BCUT2D eigenvalue weighted by Crippen LogP contribution is -2.37. The summed E-state index contributed by atoms with van der Waals surface area (Å²) in [6.45, 7) is 6.67. The van der Waals surface area contributed by atoms with Crippen molar-refractivity contribution < 1.29 is 4.52 Å². The fraction of sp³-hybridized carbons (Fsp3) is 0.727. The topological polar surface area (TPSA) is 41.3 Å². The minimum atomic E-state index is 0.514. The summed E-state index contributed by atoms with van der Waals surface area (Å²) in [5.41, 5.74) is 0.975. The summed E-state index contributed by atoms with van der Waals surface area (Å²) in [6, 6.07) is 2.41. The van der Waals surface area contributed by atoms with Crippen LogP contribution in [0.1, 0.15) is 25.5 Å². The molecule has 0 aromatic carbocycles. The van der Waals surface area contributed by atoms with Crippen LogP contribution < -0.4 is 5.32 Å². The van der Waals surface area contributed by atoms with Crippen LogP contribution in [-0.2, 0) is 6.54 Å². The van der Waals surface area contributed by atoms with E-state index in [9.17, 15) is 0 Å². The Labute approximate surface area is 90.6 Å². The zero-order valence-electron chi connectivity index (χ0n) is 9.28. The van der Waals surface area contributed by atoms with E-state index in [1.165, 1.54) is 25.9 Å². The zero-order valence-corrected chi connectivity index (χ0v) is 9.28. The fourth-order valence-corrected chi connectivity index (χ4v) is 2.02. The number of aromatic nitrogens is 1. The standard InChI is InChI=1S/C11H19N3O/c1-10(9-14-5-2-3-6-14)12-8-11-4-7-15-13-11/h4,7,10,12H,2-3,5-6,8-9H2,1H3. The van der Waals surface area contributed by atoms with E-state index in [4.69, 9.17) is 4.52 Å². The summed E-state index contributed by atoms with van der Waals surface area (Å²) in [5, 5.41) is 7.32. The summed E-state index contributed by atoms with van der Waals surface area (Å²) in [4.78, 5) is 2.51. The van der Waals surface area contributed by atoms with Crippen molar-refractivity contribution in [3.8, 4) is 0 Å². The van der Waals surface area contributed by atoms with Gasteiger partial charge in [0.25, 0.3) is 0 Å². The highest BCUT2D eigenvalue weighted by Gasteiger charge is 2.14. The minimum absolute atomic E-state index is 0.514. The first-order chi connectivity index (χ1) is 7.34. The SMILES string of the molecule is CC(CN1CCCC1)NCc1ccon1. The van der Waals surface area contributed by atoms with Crippen molar-refractivity contribution in [2.45, 2.75) is 32.4 Å². The Bertz CT molecular complexity index is 267. The number of likely N-dealkylation sites (tertiary alicyclic amines) is 1. The molecule has 1 N–H and O–H groups in total. The maximum Gasteiger partial charge on any atom is 0.124 e. The van der Waals surface area contributed by atoms with Crippen LogP contribution in [0.5, 0.6) is 0 Å². The van der Waals surface area contributed by atoms with Crippen molar-refractivity contribution in [3.63, 3.8) is 0 Å². The molecule has 15 heavy (non-hydrogen) atoms. The molecule has 0 bridgehead atoms. The van der Waals surface area contributed by atoms with Crippen molar-refractivity contribution >= 4 is 0 Å². The van der Waals surface area contributed by atoms with Gasteiger partial charge >= 0.3 is 0 Å². The van der Waals surface area contributed by atoms with Crippen molar-refractivity contribution in [2.75, 3.05) is 19.6 Å². The molecule has 2 rings (SSSR count). The predicted octanol–water partition coefficient (Wildman–Crippen LogP) is 1.25. The van der Waals surface area contributed by atoms with E-state index in [1.54, 1.807) is 6.26 Å². The first-order valence-electron chi connectivity index (χ1n) is 5.69. The predicted molar refractivity (Wildman–Crippen MR) is 58.5 cm³/mol.